The Morgan fingerprint density at radius 3 is 2.52 bits per heavy atom. The van der Waals surface area contributed by atoms with Gasteiger partial charge < -0.3 is 15.7 Å². The third kappa shape index (κ3) is 6.43. The molecule has 0 saturated heterocycles. The largest absolute Gasteiger partial charge is 0.508 e. The van der Waals surface area contributed by atoms with Crippen molar-refractivity contribution in [3.63, 3.8) is 0 Å². The molecular formula is C19H24N2O2. The number of phenols is 1. The van der Waals surface area contributed by atoms with Crippen LogP contribution in [0.4, 0.5) is 4.79 Å². The van der Waals surface area contributed by atoms with Gasteiger partial charge in [0.1, 0.15) is 5.75 Å². The predicted octanol–water partition coefficient (Wildman–Crippen LogP) is 3.26. The van der Waals surface area contributed by atoms with E-state index in [-0.39, 0.29) is 17.8 Å². The lowest BCUT2D eigenvalue weighted by atomic mass is 10.1. The summed E-state index contributed by atoms with van der Waals surface area (Å²) in [5.41, 5.74) is 2.29. The van der Waals surface area contributed by atoms with Gasteiger partial charge in [-0.1, -0.05) is 42.5 Å². The van der Waals surface area contributed by atoms with Gasteiger partial charge in [-0.2, -0.15) is 0 Å². The summed E-state index contributed by atoms with van der Waals surface area (Å²) in [6.45, 7) is 2.55. The highest BCUT2D eigenvalue weighted by molar-refractivity contribution is 5.74. The molecule has 0 aliphatic heterocycles. The van der Waals surface area contributed by atoms with Crippen LogP contribution < -0.4 is 10.6 Å². The molecule has 0 aromatic heterocycles. The van der Waals surface area contributed by atoms with Gasteiger partial charge in [0.15, 0.2) is 0 Å². The van der Waals surface area contributed by atoms with E-state index in [1.54, 1.807) is 18.2 Å². The summed E-state index contributed by atoms with van der Waals surface area (Å²) >= 11 is 0. The van der Waals surface area contributed by atoms with Gasteiger partial charge in [0, 0.05) is 12.6 Å². The molecule has 4 heteroatoms. The number of aromatic hydroxyl groups is 1. The highest BCUT2D eigenvalue weighted by atomic mass is 16.3. The summed E-state index contributed by atoms with van der Waals surface area (Å²) in [6, 6.07) is 17.3. The number of carbonyl (C=O) groups is 1. The second-order valence-electron chi connectivity index (χ2n) is 5.75. The van der Waals surface area contributed by atoms with Crippen molar-refractivity contribution in [2.75, 3.05) is 6.54 Å². The van der Waals surface area contributed by atoms with Crippen LogP contribution in [0.5, 0.6) is 5.75 Å². The average Bonchev–Trinajstić information content (AvgIpc) is 2.54. The number of hydrogen-bond acceptors (Lipinski definition) is 2. The van der Waals surface area contributed by atoms with Crippen LogP contribution in [0.1, 0.15) is 24.5 Å². The summed E-state index contributed by atoms with van der Waals surface area (Å²) in [4.78, 5) is 11.9. The van der Waals surface area contributed by atoms with Crippen LogP contribution >= 0.6 is 0 Å². The summed E-state index contributed by atoms with van der Waals surface area (Å²) in [5.74, 6) is 0.251. The van der Waals surface area contributed by atoms with Gasteiger partial charge in [-0.15, -0.1) is 0 Å². The molecule has 0 spiro atoms. The Morgan fingerprint density at radius 1 is 1.04 bits per heavy atom. The zero-order chi connectivity index (χ0) is 16.5. The first kappa shape index (κ1) is 16.9. The van der Waals surface area contributed by atoms with Crippen molar-refractivity contribution < 1.29 is 9.90 Å². The molecular weight excluding hydrogens is 288 g/mol. The van der Waals surface area contributed by atoms with E-state index in [0.717, 1.165) is 18.4 Å². The Bertz CT molecular complexity index is 614. The van der Waals surface area contributed by atoms with Gasteiger partial charge in [-0.25, -0.2) is 4.79 Å². The fraction of sp³-hybridized carbons (Fsp3) is 0.316. The Balaban J connectivity index is 1.64. The maximum atomic E-state index is 11.9. The molecule has 2 rings (SSSR count). The van der Waals surface area contributed by atoms with Crippen molar-refractivity contribution in [2.24, 2.45) is 0 Å². The second-order valence-corrected chi connectivity index (χ2v) is 5.75. The van der Waals surface area contributed by atoms with E-state index >= 15 is 0 Å². The summed E-state index contributed by atoms with van der Waals surface area (Å²) in [5, 5.41) is 15.2. The first-order valence-electron chi connectivity index (χ1n) is 7.99. The SMILES string of the molecule is CC(CCc1ccccc1)NC(=O)NCCc1cccc(O)c1. The molecule has 2 amide bonds. The Kier molecular flexibility index (Phi) is 6.48. The molecule has 23 heavy (non-hydrogen) atoms. The Morgan fingerprint density at radius 2 is 1.78 bits per heavy atom. The molecule has 3 N–H and O–H groups in total. The number of amides is 2. The van der Waals surface area contributed by atoms with Gasteiger partial charge in [0.2, 0.25) is 0 Å². The fourth-order valence-electron chi connectivity index (χ4n) is 2.41. The zero-order valence-corrected chi connectivity index (χ0v) is 13.5. The van der Waals surface area contributed by atoms with E-state index in [9.17, 15) is 9.90 Å². The topological polar surface area (TPSA) is 61.4 Å². The minimum atomic E-state index is -0.147. The van der Waals surface area contributed by atoms with Crippen LogP contribution in [0, 0.1) is 0 Å². The van der Waals surface area contributed by atoms with Crippen LogP contribution in [0.2, 0.25) is 0 Å². The van der Waals surface area contributed by atoms with E-state index in [4.69, 9.17) is 0 Å². The minimum Gasteiger partial charge on any atom is -0.508 e. The van der Waals surface area contributed by atoms with Gasteiger partial charge >= 0.3 is 6.03 Å². The number of urea groups is 1. The molecule has 0 aliphatic carbocycles. The summed E-state index contributed by atoms with van der Waals surface area (Å²) in [7, 11) is 0. The molecule has 4 nitrogen and oxygen atoms in total. The van der Waals surface area contributed by atoms with Gasteiger partial charge in [0.25, 0.3) is 0 Å². The quantitative estimate of drug-likeness (QED) is 0.735. The fourth-order valence-corrected chi connectivity index (χ4v) is 2.41. The third-order valence-electron chi connectivity index (χ3n) is 3.70. The van der Waals surface area contributed by atoms with E-state index in [1.165, 1.54) is 5.56 Å². The number of aryl methyl sites for hydroxylation is 1. The molecule has 122 valence electrons. The van der Waals surface area contributed by atoms with Crippen LogP contribution in [0.25, 0.3) is 0 Å². The Labute approximate surface area is 137 Å². The van der Waals surface area contributed by atoms with Gasteiger partial charge in [-0.05, 0) is 49.4 Å². The molecule has 1 unspecified atom stereocenters. The molecule has 0 saturated carbocycles. The number of benzene rings is 2. The average molecular weight is 312 g/mol. The van der Waals surface area contributed by atoms with Crippen molar-refractivity contribution in [3.05, 3.63) is 65.7 Å². The summed E-state index contributed by atoms with van der Waals surface area (Å²) < 4.78 is 0. The monoisotopic (exact) mass is 312 g/mol. The van der Waals surface area contributed by atoms with Crippen LogP contribution in [-0.4, -0.2) is 23.7 Å². The maximum Gasteiger partial charge on any atom is 0.315 e. The zero-order valence-electron chi connectivity index (χ0n) is 13.5. The molecule has 2 aromatic rings. The number of rotatable bonds is 7. The highest BCUT2D eigenvalue weighted by Gasteiger charge is 2.07. The number of nitrogens with one attached hydrogen (secondary N) is 2. The predicted molar refractivity (Wildman–Crippen MR) is 92.6 cm³/mol. The van der Waals surface area contributed by atoms with Crippen molar-refractivity contribution in [2.45, 2.75) is 32.2 Å². The number of carbonyl (C=O) groups excluding carboxylic acids is 1. The van der Waals surface area contributed by atoms with E-state index in [2.05, 4.69) is 22.8 Å². The molecule has 0 heterocycles. The number of hydrogen-bond donors (Lipinski definition) is 3. The standard InChI is InChI=1S/C19H24N2O2/c1-15(10-11-16-6-3-2-4-7-16)21-19(23)20-13-12-17-8-5-9-18(22)14-17/h2-9,14-15,22H,10-13H2,1H3,(H2,20,21,23). The first-order valence-corrected chi connectivity index (χ1v) is 7.99. The smallest absolute Gasteiger partial charge is 0.315 e. The molecule has 0 aliphatic rings. The summed E-state index contributed by atoms with van der Waals surface area (Å²) in [6.07, 6.45) is 2.55. The van der Waals surface area contributed by atoms with Gasteiger partial charge in [-0.3, -0.25) is 0 Å². The second kappa shape index (κ2) is 8.83. The van der Waals surface area contributed by atoms with Crippen LogP contribution in [-0.2, 0) is 12.8 Å². The normalized spacial score (nSPS) is 11.7. The lowest BCUT2D eigenvalue weighted by molar-refractivity contribution is 0.237. The van der Waals surface area contributed by atoms with E-state index < -0.39 is 0 Å². The molecule has 0 radical (unpaired) electrons. The van der Waals surface area contributed by atoms with E-state index in [1.807, 2.05) is 31.2 Å². The van der Waals surface area contributed by atoms with Crippen molar-refractivity contribution >= 4 is 6.03 Å². The van der Waals surface area contributed by atoms with Crippen LogP contribution in [0.3, 0.4) is 0 Å². The lowest BCUT2D eigenvalue weighted by Gasteiger charge is -2.14. The third-order valence-corrected chi connectivity index (χ3v) is 3.70. The maximum absolute atomic E-state index is 11.9. The molecule has 1 atom stereocenters. The van der Waals surface area contributed by atoms with Crippen molar-refractivity contribution in [1.29, 1.82) is 0 Å². The first-order chi connectivity index (χ1) is 11.1. The molecule has 2 aromatic carbocycles. The lowest BCUT2D eigenvalue weighted by Crippen LogP contribution is -2.41. The van der Waals surface area contributed by atoms with Crippen molar-refractivity contribution in [1.82, 2.24) is 10.6 Å². The van der Waals surface area contributed by atoms with E-state index in [0.29, 0.717) is 13.0 Å². The highest BCUT2D eigenvalue weighted by Crippen LogP contribution is 2.10. The minimum absolute atomic E-state index is 0.121. The molecule has 0 bridgehead atoms. The molecule has 0 fully saturated rings. The van der Waals surface area contributed by atoms with Crippen molar-refractivity contribution in [3.8, 4) is 5.75 Å². The van der Waals surface area contributed by atoms with Gasteiger partial charge in [0.05, 0.1) is 0 Å². The number of phenolic OH excluding ortho intramolecular Hbond substituents is 1. The Hall–Kier alpha value is -2.49. The van der Waals surface area contributed by atoms with Crippen LogP contribution in [0.15, 0.2) is 54.6 Å².